The first kappa shape index (κ1) is 21.5. The number of aromatic hydroxyl groups is 1. The van der Waals surface area contributed by atoms with Crippen molar-refractivity contribution in [3.05, 3.63) is 35.4 Å². The van der Waals surface area contributed by atoms with E-state index in [1.807, 2.05) is 0 Å². The molecule has 3 N–H and O–H groups in total. The molecule has 3 atom stereocenters. The molecule has 1 aliphatic rings. The summed E-state index contributed by atoms with van der Waals surface area (Å²) >= 11 is 0. The minimum absolute atomic E-state index is 0.0127. The second kappa shape index (κ2) is 9.38. The minimum atomic E-state index is -1.57. The maximum absolute atomic E-state index is 12.7. The summed E-state index contributed by atoms with van der Waals surface area (Å²) in [5, 5.41) is 30.5. The molecule has 152 valence electrons. The van der Waals surface area contributed by atoms with E-state index in [0.717, 1.165) is 6.08 Å². The first-order valence-electron chi connectivity index (χ1n) is 8.72. The Balaban J connectivity index is 2.55. The van der Waals surface area contributed by atoms with Crippen LogP contribution in [-0.2, 0) is 9.53 Å². The summed E-state index contributed by atoms with van der Waals surface area (Å²) in [5.74, 6) is -1.66. The van der Waals surface area contributed by atoms with Crippen molar-refractivity contribution >= 4 is 17.8 Å². The van der Waals surface area contributed by atoms with Crippen molar-refractivity contribution in [1.82, 2.24) is 0 Å². The first-order valence-corrected chi connectivity index (χ1v) is 8.72. The third-order valence-electron chi connectivity index (χ3n) is 4.27. The zero-order valence-corrected chi connectivity index (χ0v) is 15.9. The van der Waals surface area contributed by atoms with E-state index in [2.05, 4.69) is 0 Å². The van der Waals surface area contributed by atoms with Crippen LogP contribution in [0, 0.1) is 0 Å². The molecule has 1 aromatic carbocycles. The van der Waals surface area contributed by atoms with Crippen LogP contribution in [0.5, 0.6) is 17.2 Å². The Morgan fingerprint density at radius 1 is 1.07 bits per heavy atom. The van der Waals surface area contributed by atoms with Gasteiger partial charge in [0.15, 0.2) is 17.3 Å². The molecule has 0 saturated carbocycles. The summed E-state index contributed by atoms with van der Waals surface area (Å²) in [5.41, 5.74) is 0.154. The van der Waals surface area contributed by atoms with E-state index in [1.54, 1.807) is 6.92 Å². The lowest BCUT2D eigenvalue weighted by Gasteiger charge is -2.18. The highest BCUT2D eigenvalue weighted by atomic mass is 16.5. The topological polar surface area (TPSA) is 123 Å². The summed E-state index contributed by atoms with van der Waals surface area (Å²) in [6.07, 6.45) is 2.19. The highest BCUT2D eigenvalue weighted by Crippen LogP contribution is 2.42. The van der Waals surface area contributed by atoms with Gasteiger partial charge in [-0.2, -0.15) is 0 Å². The van der Waals surface area contributed by atoms with Gasteiger partial charge in [0, 0.05) is 6.42 Å². The number of aliphatic hydroxyl groups excluding tert-OH is 2. The maximum atomic E-state index is 12.7. The summed E-state index contributed by atoms with van der Waals surface area (Å²) in [4.78, 5) is 24.5. The van der Waals surface area contributed by atoms with Crippen molar-refractivity contribution in [3.63, 3.8) is 0 Å². The zero-order chi connectivity index (χ0) is 20.8. The van der Waals surface area contributed by atoms with Gasteiger partial charge in [-0.15, -0.1) is 0 Å². The van der Waals surface area contributed by atoms with Crippen LogP contribution < -0.4 is 9.47 Å². The van der Waals surface area contributed by atoms with Gasteiger partial charge in [-0.1, -0.05) is 18.2 Å². The second-order valence-electron chi connectivity index (χ2n) is 6.33. The molecular weight excluding hydrogens is 368 g/mol. The van der Waals surface area contributed by atoms with Crippen LogP contribution in [0.2, 0.25) is 0 Å². The Kier molecular flexibility index (Phi) is 7.19. The van der Waals surface area contributed by atoms with Crippen molar-refractivity contribution in [1.29, 1.82) is 0 Å². The van der Waals surface area contributed by atoms with E-state index in [4.69, 9.17) is 14.2 Å². The van der Waals surface area contributed by atoms with Crippen LogP contribution in [0.15, 0.2) is 24.3 Å². The fourth-order valence-corrected chi connectivity index (χ4v) is 2.76. The fourth-order valence-electron chi connectivity index (χ4n) is 2.76. The number of cyclic esters (lactones) is 1. The number of carbonyl (C=O) groups is 2. The smallest absolute Gasteiger partial charge is 0.342 e. The van der Waals surface area contributed by atoms with Gasteiger partial charge in [-0.05, 0) is 31.1 Å². The number of rotatable bonds is 2. The van der Waals surface area contributed by atoms with Crippen LogP contribution in [0.3, 0.4) is 0 Å². The Bertz CT molecular complexity index is 796. The quantitative estimate of drug-likeness (QED) is 0.649. The molecule has 8 heteroatoms. The molecule has 8 nitrogen and oxygen atoms in total. The third kappa shape index (κ3) is 4.71. The van der Waals surface area contributed by atoms with Crippen molar-refractivity contribution < 1.29 is 39.1 Å². The van der Waals surface area contributed by atoms with E-state index in [9.17, 15) is 24.9 Å². The van der Waals surface area contributed by atoms with Crippen molar-refractivity contribution in [2.75, 3.05) is 14.2 Å². The van der Waals surface area contributed by atoms with E-state index in [1.165, 1.54) is 38.5 Å². The van der Waals surface area contributed by atoms with Crippen LogP contribution in [0.1, 0.15) is 35.7 Å². The molecule has 1 aromatic rings. The van der Waals surface area contributed by atoms with Gasteiger partial charge in [0.2, 0.25) is 5.75 Å². The maximum Gasteiger partial charge on any atom is 0.342 e. The Morgan fingerprint density at radius 3 is 2.39 bits per heavy atom. The summed E-state index contributed by atoms with van der Waals surface area (Å²) < 4.78 is 15.7. The molecule has 1 heterocycles. The van der Waals surface area contributed by atoms with Gasteiger partial charge in [0.1, 0.15) is 17.8 Å². The Hall–Kier alpha value is -2.84. The monoisotopic (exact) mass is 392 g/mol. The van der Waals surface area contributed by atoms with E-state index < -0.39 is 35.8 Å². The van der Waals surface area contributed by atoms with Crippen molar-refractivity contribution in [3.8, 4) is 17.2 Å². The van der Waals surface area contributed by atoms with Gasteiger partial charge in [0.25, 0.3) is 0 Å². The molecule has 0 radical (unpaired) electrons. The number of benzene rings is 1. The average Bonchev–Trinajstić information content (AvgIpc) is 2.65. The Labute approximate surface area is 162 Å². The molecule has 0 spiro atoms. The number of aliphatic hydroxyl groups is 2. The molecule has 1 unspecified atom stereocenters. The lowest BCUT2D eigenvalue weighted by molar-refractivity contribution is -0.127. The van der Waals surface area contributed by atoms with Crippen LogP contribution in [-0.4, -0.2) is 59.6 Å². The number of hydrogen-bond acceptors (Lipinski definition) is 8. The van der Waals surface area contributed by atoms with Gasteiger partial charge >= 0.3 is 5.97 Å². The largest absolute Gasteiger partial charge is 0.504 e. The van der Waals surface area contributed by atoms with Gasteiger partial charge < -0.3 is 29.5 Å². The minimum Gasteiger partial charge on any atom is -0.504 e. The molecule has 2 rings (SSSR count). The number of ether oxygens (including phenoxy) is 3. The van der Waals surface area contributed by atoms with Gasteiger partial charge in [-0.25, -0.2) is 4.79 Å². The molecule has 0 fully saturated rings. The number of phenolic OH excluding ortho intramolecular Hbond substituents is 1. The zero-order valence-electron chi connectivity index (χ0n) is 15.9. The molecule has 0 aromatic heterocycles. The number of phenols is 1. The predicted molar refractivity (Wildman–Crippen MR) is 101 cm³/mol. The number of methoxy groups -OCH3 is 2. The first-order chi connectivity index (χ1) is 13.3. The van der Waals surface area contributed by atoms with Gasteiger partial charge in [0.05, 0.1) is 20.3 Å². The van der Waals surface area contributed by atoms with Crippen molar-refractivity contribution in [2.45, 2.75) is 38.1 Å². The fraction of sp³-hybridized carbons (Fsp3) is 0.400. The number of fused-ring (bicyclic) bond motifs is 1. The number of carbonyl (C=O) groups excluding carboxylic acids is 2. The molecule has 1 aliphatic heterocycles. The summed E-state index contributed by atoms with van der Waals surface area (Å²) in [7, 11) is 2.71. The highest BCUT2D eigenvalue weighted by Gasteiger charge is 2.26. The SMILES string of the molecule is COc1cc2c(c(O)c1OC)C(=O)O[C@@H](C)C/C=C\C(=O)C(O)[C@@H](O)CC=C2. The van der Waals surface area contributed by atoms with E-state index >= 15 is 0 Å². The molecule has 28 heavy (non-hydrogen) atoms. The van der Waals surface area contributed by atoms with Crippen LogP contribution >= 0.6 is 0 Å². The van der Waals surface area contributed by atoms with Gasteiger partial charge in [-0.3, -0.25) is 4.79 Å². The molecule has 0 saturated heterocycles. The predicted octanol–water partition coefficient (Wildman–Crippen LogP) is 1.61. The van der Waals surface area contributed by atoms with Crippen molar-refractivity contribution in [2.24, 2.45) is 0 Å². The second-order valence-corrected chi connectivity index (χ2v) is 6.33. The van der Waals surface area contributed by atoms with Crippen LogP contribution in [0.4, 0.5) is 0 Å². The number of esters is 1. The lowest BCUT2D eigenvalue weighted by Crippen LogP contribution is -2.32. The molecule has 0 amide bonds. The molecule has 0 aliphatic carbocycles. The lowest BCUT2D eigenvalue weighted by atomic mass is 10.0. The van der Waals surface area contributed by atoms with E-state index in [0.29, 0.717) is 0 Å². The summed E-state index contributed by atoms with van der Waals surface area (Å²) in [6, 6.07) is 1.48. The number of ketones is 1. The average molecular weight is 392 g/mol. The Morgan fingerprint density at radius 2 is 1.75 bits per heavy atom. The standard InChI is InChI=1S/C20H24O8/c1-11-6-4-8-13(21)17(23)14(22)9-5-7-12-10-15(26-2)19(27-3)18(24)16(12)20(25)28-11/h4-5,7-8,10-11,14,17,22-24H,6,9H2,1-3H3/b7-5?,8-4-/t11-,14-,17?/m0/s1. The number of hydrogen-bond donors (Lipinski definition) is 3. The van der Waals surface area contributed by atoms with Crippen LogP contribution in [0.25, 0.3) is 6.08 Å². The highest BCUT2D eigenvalue weighted by molar-refractivity contribution is 5.98. The summed E-state index contributed by atoms with van der Waals surface area (Å²) in [6.45, 7) is 1.62. The normalized spacial score (nSPS) is 24.7. The van der Waals surface area contributed by atoms with E-state index in [-0.39, 0.29) is 35.5 Å². The molecule has 0 bridgehead atoms. The molecular formula is C20H24O8. The third-order valence-corrected chi connectivity index (χ3v) is 4.27.